The van der Waals surface area contributed by atoms with Crippen LogP contribution in [0.3, 0.4) is 0 Å². The molecule has 0 saturated heterocycles. The van der Waals surface area contributed by atoms with Gasteiger partial charge in [-0.15, -0.1) is 0 Å². The zero-order valence-electron chi connectivity index (χ0n) is 13.5. The lowest BCUT2D eigenvalue weighted by atomic mass is 9.71. The maximum Gasteiger partial charge on any atom is -0.0326 e. The van der Waals surface area contributed by atoms with Gasteiger partial charge < -0.3 is 0 Å². The second-order valence-electron chi connectivity index (χ2n) is 7.00. The molecule has 0 bridgehead atoms. The number of hydrogen-bond donors (Lipinski definition) is 0. The van der Waals surface area contributed by atoms with Gasteiger partial charge in [-0.3, -0.25) is 0 Å². The molecule has 0 N–H and O–H groups in total. The van der Waals surface area contributed by atoms with Crippen molar-refractivity contribution >= 4 is 0 Å². The Kier molecular flexibility index (Phi) is 8.16. The average molecular weight is 240 g/mol. The van der Waals surface area contributed by atoms with Gasteiger partial charge >= 0.3 is 0 Å². The molecule has 17 heavy (non-hydrogen) atoms. The first-order chi connectivity index (χ1) is 7.85. The van der Waals surface area contributed by atoms with Crippen molar-refractivity contribution in [3.05, 3.63) is 0 Å². The highest BCUT2D eigenvalue weighted by Crippen LogP contribution is 2.38. The van der Waals surface area contributed by atoms with E-state index in [1.165, 1.54) is 38.5 Å². The summed E-state index contributed by atoms with van der Waals surface area (Å²) in [4.78, 5) is 0. The molecule has 0 aromatic carbocycles. The Morgan fingerprint density at radius 2 is 1.53 bits per heavy atom. The largest absolute Gasteiger partial charge is 0.0654 e. The van der Waals surface area contributed by atoms with Gasteiger partial charge in [0, 0.05) is 0 Å². The van der Waals surface area contributed by atoms with Crippen LogP contribution in [0.1, 0.15) is 87.0 Å². The molecule has 0 aliphatic heterocycles. The maximum atomic E-state index is 2.48. The topological polar surface area (TPSA) is 0 Å². The molecular formula is C17H36. The van der Waals surface area contributed by atoms with Crippen molar-refractivity contribution in [1.29, 1.82) is 0 Å². The number of unbranched alkanes of at least 4 members (excludes halogenated alkanes) is 1. The predicted octanol–water partition coefficient (Wildman–Crippen LogP) is 6.30. The zero-order chi connectivity index (χ0) is 13.5. The van der Waals surface area contributed by atoms with E-state index in [4.69, 9.17) is 0 Å². The summed E-state index contributed by atoms with van der Waals surface area (Å²) in [6, 6.07) is 0. The smallest absolute Gasteiger partial charge is 0.0326 e. The quantitative estimate of drug-likeness (QED) is 0.443. The first-order valence-electron chi connectivity index (χ1n) is 7.85. The third kappa shape index (κ3) is 6.48. The van der Waals surface area contributed by atoms with Crippen molar-refractivity contribution in [3.8, 4) is 0 Å². The Bertz CT molecular complexity index is 178. The molecule has 0 saturated carbocycles. The van der Waals surface area contributed by atoms with Crippen LogP contribution >= 0.6 is 0 Å². The highest BCUT2D eigenvalue weighted by molar-refractivity contribution is 4.78. The van der Waals surface area contributed by atoms with Crippen LogP contribution in [0.5, 0.6) is 0 Å². The first-order valence-corrected chi connectivity index (χ1v) is 7.85. The van der Waals surface area contributed by atoms with Crippen molar-refractivity contribution in [2.75, 3.05) is 0 Å². The molecule has 0 aliphatic rings. The van der Waals surface area contributed by atoms with Gasteiger partial charge in [0.05, 0.1) is 0 Å². The zero-order valence-corrected chi connectivity index (χ0v) is 13.5. The van der Waals surface area contributed by atoms with Crippen molar-refractivity contribution in [3.63, 3.8) is 0 Å². The summed E-state index contributed by atoms with van der Waals surface area (Å²) < 4.78 is 0. The Morgan fingerprint density at radius 1 is 0.941 bits per heavy atom. The monoisotopic (exact) mass is 240 g/mol. The molecule has 0 heteroatoms. The fourth-order valence-electron chi connectivity index (χ4n) is 2.78. The van der Waals surface area contributed by atoms with Crippen LogP contribution in [-0.4, -0.2) is 0 Å². The molecule has 2 atom stereocenters. The molecule has 0 spiro atoms. The summed E-state index contributed by atoms with van der Waals surface area (Å²) in [5, 5.41) is 0. The molecule has 2 unspecified atom stereocenters. The van der Waals surface area contributed by atoms with Crippen LogP contribution in [0.15, 0.2) is 0 Å². The van der Waals surface area contributed by atoms with Crippen molar-refractivity contribution in [1.82, 2.24) is 0 Å². The van der Waals surface area contributed by atoms with Crippen LogP contribution in [0, 0.1) is 23.2 Å². The highest BCUT2D eigenvalue weighted by atomic mass is 14.3. The standard InChI is InChI=1S/C17H36/c1-8-10-13-17(6,7)16(9-2)12-11-15(5)14(3)4/h14-16H,8-13H2,1-7H3. The fraction of sp³-hybridized carbons (Fsp3) is 1.00. The maximum absolute atomic E-state index is 2.48. The number of rotatable bonds is 9. The van der Waals surface area contributed by atoms with Gasteiger partial charge in [0.25, 0.3) is 0 Å². The van der Waals surface area contributed by atoms with Gasteiger partial charge in [-0.05, 0) is 36.0 Å². The molecule has 0 nitrogen and oxygen atoms in total. The van der Waals surface area contributed by atoms with E-state index in [1.807, 2.05) is 0 Å². The number of hydrogen-bond acceptors (Lipinski definition) is 0. The molecule has 0 fully saturated rings. The first kappa shape index (κ1) is 17.0. The SMILES string of the molecule is CCCCC(C)(C)C(CC)CCC(C)C(C)C. The summed E-state index contributed by atoms with van der Waals surface area (Å²) in [5.74, 6) is 2.63. The summed E-state index contributed by atoms with van der Waals surface area (Å²) in [6.07, 6.45) is 8.31. The molecule has 0 aromatic heterocycles. The normalized spacial score (nSPS) is 16.2. The minimum atomic E-state index is 0.543. The van der Waals surface area contributed by atoms with Crippen LogP contribution < -0.4 is 0 Å². The predicted molar refractivity (Wildman–Crippen MR) is 80.3 cm³/mol. The van der Waals surface area contributed by atoms with E-state index >= 15 is 0 Å². The van der Waals surface area contributed by atoms with E-state index in [0.717, 1.165) is 17.8 Å². The molecule has 0 rings (SSSR count). The Balaban J connectivity index is 4.21. The van der Waals surface area contributed by atoms with Crippen LogP contribution in [-0.2, 0) is 0 Å². The molecule has 0 aliphatic carbocycles. The van der Waals surface area contributed by atoms with Gasteiger partial charge in [0.1, 0.15) is 0 Å². The van der Waals surface area contributed by atoms with Crippen molar-refractivity contribution in [2.24, 2.45) is 23.2 Å². The second kappa shape index (κ2) is 8.16. The van der Waals surface area contributed by atoms with Crippen LogP contribution in [0.25, 0.3) is 0 Å². The lowest BCUT2D eigenvalue weighted by Crippen LogP contribution is -2.24. The highest BCUT2D eigenvalue weighted by Gasteiger charge is 2.27. The van der Waals surface area contributed by atoms with Gasteiger partial charge in [-0.25, -0.2) is 0 Å². The van der Waals surface area contributed by atoms with Gasteiger partial charge in [0.2, 0.25) is 0 Å². The molecule has 0 aromatic rings. The fourth-order valence-corrected chi connectivity index (χ4v) is 2.78. The molecule has 0 heterocycles. The van der Waals surface area contributed by atoms with E-state index in [1.54, 1.807) is 0 Å². The Morgan fingerprint density at radius 3 is 1.94 bits per heavy atom. The third-order valence-electron chi connectivity index (χ3n) is 4.88. The minimum Gasteiger partial charge on any atom is -0.0654 e. The summed E-state index contributed by atoms with van der Waals surface area (Å²) >= 11 is 0. The van der Waals surface area contributed by atoms with Crippen molar-refractivity contribution in [2.45, 2.75) is 87.0 Å². The molecule has 0 radical (unpaired) electrons. The Labute approximate surface area is 111 Å². The van der Waals surface area contributed by atoms with E-state index in [-0.39, 0.29) is 0 Å². The summed E-state index contributed by atoms with van der Waals surface area (Å²) in [6.45, 7) is 16.8. The lowest BCUT2D eigenvalue weighted by Gasteiger charge is -2.35. The lowest BCUT2D eigenvalue weighted by molar-refractivity contribution is 0.159. The van der Waals surface area contributed by atoms with Gasteiger partial charge in [-0.2, -0.15) is 0 Å². The Hall–Kier alpha value is 0. The van der Waals surface area contributed by atoms with E-state index in [9.17, 15) is 0 Å². The minimum absolute atomic E-state index is 0.543. The molecular weight excluding hydrogens is 204 g/mol. The van der Waals surface area contributed by atoms with Crippen molar-refractivity contribution < 1.29 is 0 Å². The molecule has 0 amide bonds. The van der Waals surface area contributed by atoms with E-state index in [2.05, 4.69) is 48.5 Å². The van der Waals surface area contributed by atoms with Gasteiger partial charge in [0.15, 0.2) is 0 Å². The summed E-state index contributed by atoms with van der Waals surface area (Å²) in [5.41, 5.74) is 0.543. The van der Waals surface area contributed by atoms with E-state index in [0.29, 0.717) is 5.41 Å². The second-order valence-corrected chi connectivity index (χ2v) is 7.00. The molecule has 104 valence electrons. The van der Waals surface area contributed by atoms with E-state index < -0.39 is 0 Å². The third-order valence-corrected chi connectivity index (χ3v) is 4.88. The summed E-state index contributed by atoms with van der Waals surface area (Å²) in [7, 11) is 0. The van der Waals surface area contributed by atoms with Gasteiger partial charge in [-0.1, -0.05) is 74.1 Å². The van der Waals surface area contributed by atoms with Crippen LogP contribution in [0.4, 0.5) is 0 Å². The average Bonchev–Trinajstić information content (AvgIpc) is 2.26. The van der Waals surface area contributed by atoms with Crippen LogP contribution in [0.2, 0.25) is 0 Å².